The standard InChI is InChI=1S/C10H17N3O2S.ClH/c1-3-12-9(2)7-13-16(14,15)10-5-4-6-11-8-10;/h4-6,8-9,12-13H,3,7H2,1-2H3;1H/t9-;/m1./s1. The number of aromatic nitrogens is 1. The predicted octanol–water partition coefficient (Wildman–Crippen LogP) is 0.780. The third-order valence-electron chi connectivity index (χ3n) is 2.08. The van der Waals surface area contributed by atoms with Gasteiger partial charge in [0.25, 0.3) is 0 Å². The van der Waals surface area contributed by atoms with Gasteiger partial charge in [0.2, 0.25) is 10.0 Å². The van der Waals surface area contributed by atoms with E-state index in [1.165, 1.54) is 12.3 Å². The minimum Gasteiger partial charge on any atom is -0.313 e. The predicted molar refractivity (Wildman–Crippen MR) is 69.8 cm³/mol. The lowest BCUT2D eigenvalue weighted by Gasteiger charge is -2.13. The fourth-order valence-corrected chi connectivity index (χ4v) is 2.34. The second kappa shape index (κ2) is 7.60. The van der Waals surface area contributed by atoms with Crippen LogP contribution in [-0.2, 0) is 10.0 Å². The summed E-state index contributed by atoms with van der Waals surface area (Å²) >= 11 is 0. The maximum Gasteiger partial charge on any atom is 0.242 e. The SMILES string of the molecule is CCN[C@H](C)CNS(=O)(=O)c1cccnc1.Cl. The van der Waals surface area contributed by atoms with Crippen molar-refractivity contribution in [1.29, 1.82) is 0 Å². The van der Waals surface area contributed by atoms with Crippen LogP contribution >= 0.6 is 12.4 Å². The molecule has 7 heteroatoms. The van der Waals surface area contributed by atoms with Gasteiger partial charge >= 0.3 is 0 Å². The van der Waals surface area contributed by atoms with Gasteiger partial charge in [0, 0.05) is 25.0 Å². The molecule has 2 N–H and O–H groups in total. The van der Waals surface area contributed by atoms with E-state index in [4.69, 9.17) is 0 Å². The van der Waals surface area contributed by atoms with Gasteiger partial charge in [0.1, 0.15) is 4.90 Å². The van der Waals surface area contributed by atoms with Gasteiger partial charge in [-0.15, -0.1) is 12.4 Å². The Hall–Kier alpha value is -0.690. The van der Waals surface area contributed by atoms with Gasteiger partial charge < -0.3 is 5.32 Å². The summed E-state index contributed by atoms with van der Waals surface area (Å²) in [5.74, 6) is 0. The van der Waals surface area contributed by atoms with Crippen molar-refractivity contribution in [3.05, 3.63) is 24.5 Å². The first-order chi connectivity index (χ1) is 7.56. The van der Waals surface area contributed by atoms with Crippen LogP contribution in [0.4, 0.5) is 0 Å². The largest absolute Gasteiger partial charge is 0.313 e. The molecule has 17 heavy (non-hydrogen) atoms. The van der Waals surface area contributed by atoms with E-state index in [0.29, 0.717) is 6.54 Å². The molecule has 0 unspecified atom stereocenters. The number of sulfonamides is 1. The second-order valence-electron chi connectivity index (χ2n) is 3.50. The number of nitrogens with one attached hydrogen (secondary N) is 2. The molecule has 1 aromatic rings. The Balaban J connectivity index is 0.00000256. The normalized spacial score (nSPS) is 12.8. The molecule has 0 saturated carbocycles. The molecule has 0 aliphatic heterocycles. The summed E-state index contributed by atoms with van der Waals surface area (Å²) in [6.07, 6.45) is 2.88. The summed E-state index contributed by atoms with van der Waals surface area (Å²) in [5, 5.41) is 3.13. The van der Waals surface area contributed by atoms with E-state index >= 15 is 0 Å². The zero-order chi connectivity index (χ0) is 12.0. The lowest BCUT2D eigenvalue weighted by atomic mass is 10.3. The third-order valence-corrected chi connectivity index (χ3v) is 3.49. The van der Waals surface area contributed by atoms with Gasteiger partial charge in [0.15, 0.2) is 0 Å². The number of halogens is 1. The Morgan fingerprint density at radius 1 is 1.47 bits per heavy atom. The van der Waals surface area contributed by atoms with Gasteiger partial charge in [0.05, 0.1) is 0 Å². The molecule has 1 rings (SSSR count). The third kappa shape index (κ3) is 5.45. The summed E-state index contributed by atoms with van der Waals surface area (Å²) in [4.78, 5) is 3.97. The zero-order valence-electron chi connectivity index (χ0n) is 9.88. The van der Waals surface area contributed by atoms with E-state index in [0.717, 1.165) is 6.54 Å². The highest BCUT2D eigenvalue weighted by Gasteiger charge is 2.14. The number of hydrogen-bond acceptors (Lipinski definition) is 4. The topological polar surface area (TPSA) is 71.1 Å². The molecular formula is C10H18ClN3O2S. The smallest absolute Gasteiger partial charge is 0.242 e. The Morgan fingerprint density at radius 3 is 2.71 bits per heavy atom. The molecule has 0 amide bonds. The quantitative estimate of drug-likeness (QED) is 0.807. The molecule has 5 nitrogen and oxygen atoms in total. The maximum atomic E-state index is 11.8. The highest BCUT2D eigenvalue weighted by atomic mass is 35.5. The molecule has 1 atom stereocenters. The molecule has 0 bridgehead atoms. The van der Waals surface area contributed by atoms with Gasteiger partial charge in [-0.1, -0.05) is 6.92 Å². The van der Waals surface area contributed by atoms with Crippen LogP contribution in [0.2, 0.25) is 0 Å². The zero-order valence-corrected chi connectivity index (χ0v) is 11.5. The number of rotatable bonds is 6. The number of pyridine rings is 1. The number of nitrogens with zero attached hydrogens (tertiary/aromatic N) is 1. The van der Waals surface area contributed by atoms with Gasteiger partial charge in [-0.05, 0) is 25.6 Å². The molecule has 0 fully saturated rings. The molecule has 0 aliphatic carbocycles. The van der Waals surface area contributed by atoms with Gasteiger partial charge in [-0.3, -0.25) is 4.98 Å². The van der Waals surface area contributed by atoms with Crippen LogP contribution in [-0.4, -0.2) is 32.5 Å². The highest BCUT2D eigenvalue weighted by molar-refractivity contribution is 7.89. The minimum atomic E-state index is -3.43. The van der Waals surface area contributed by atoms with Crippen molar-refractivity contribution in [2.45, 2.75) is 24.8 Å². The number of likely N-dealkylation sites (N-methyl/N-ethyl adjacent to an activating group) is 1. The fraction of sp³-hybridized carbons (Fsp3) is 0.500. The molecule has 1 heterocycles. The van der Waals surface area contributed by atoms with Crippen molar-refractivity contribution in [2.75, 3.05) is 13.1 Å². The van der Waals surface area contributed by atoms with Crippen molar-refractivity contribution in [3.63, 3.8) is 0 Å². The Morgan fingerprint density at radius 2 is 2.18 bits per heavy atom. The van der Waals surface area contributed by atoms with Crippen molar-refractivity contribution in [1.82, 2.24) is 15.0 Å². The molecule has 0 aliphatic rings. The van der Waals surface area contributed by atoms with Gasteiger partial charge in [-0.2, -0.15) is 0 Å². The Labute approximate surface area is 108 Å². The fourth-order valence-electron chi connectivity index (χ4n) is 1.24. The Bertz CT molecular complexity index is 411. The monoisotopic (exact) mass is 279 g/mol. The molecular weight excluding hydrogens is 262 g/mol. The summed E-state index contributed by atoms with van der Waals surface area (Å²) in [6, 6.07) is 3.23. The maximum absolute atomic E-state index is 11.8. The molecule has 0 radical (unpaired) electrons. The molecule has 0 aromatic carbocycles. The summed E-state index contributed by atoms with van der Waals surface area (Å²) in [7, 11) is -3.43. The van der Waals surface area contributed by atoms with Crippen LogP contribution in [0, 0.1) is 0 Å². The summed E-state index contributed by atoms with van der Waals surface area (Å²) in [5.41, 5.74) is 0. The van der Waals surface area contributed by atoms with Crippen molar-refractivity contribution in [3.8, 4) is 0 Å². The minimum absolute atomic E-state index is 0. The average Bonchev–Trinajstić information content (AvgIpc) is 2.28. The second-order valence-corrected chi connectivity index (χ2v) is 5.27. The van der Waals surface area contributed by atoms with E-state index < -0.39 is 10.0 Å². The van der Waals surface area contributed by atoms with Crippen molar-refractivity contribution in [2.24, 2.45) is 0 Å². The first-order valence-corrected chi connectivity index (χ1v) is 6.67. The first-order valence-electron chi connectivity index (χ1n) is 5.19. The van der Waals surface area contributed by atoms with Crippen LogP contribution in [0.5, 0.6) is 0 Å². The lowest BCUT2D eigenvalue weighted by Crippen LogP contribution is -2.38. The summed E-state index contributed by atoms with van der Waals surface area (Å²) in [6.45, 7) is 5.09. The van der Waals surface area contributed by atoms with Crippen LogP contribution < -0.4 is 10.0 Å². The van der Waals surface area contributed by atoms with E-state index in [1.54, 1.807) is 12.3 Å². The summed E-state index contributed by atoms with van der Waals surface area (Å²) < 4.78 is 26.1. The van der Waals surface area contributed by atoms with E-state index in [9.17, 15) is 8.42 Å². The van der Waals surface area contributed by atoms with Crippen LogP contribution in [0.1, 0.15) is 13.8 Å². The van der Waals surface area contributed by atoms with Crippen molar-refractivity contribution >= 4 is 22.4 Å². The molecule has 98 valence electrons. The Kier molecular flexibility index (Phi) is 7.29. The first kappa shape index (κ1) is 16.3. The molecule has 0 spiro atoms. The molecule has 0 saturated heterocycles. The van der Waals surface area contributed by atoms with Crippen LogP contribution in [0.15, 0.2) is 29.4 Å². The van der Waals surface area contributed by atoms with Crippen LogP contribution in [0.3, 0.4) is 0 Å². The average molecular weight is 280 g/mol. The highest BCUT2D eigenvalue weighted by Crippen LogP contribution is 2.04. The lowest BCUT2D eigenvalue weighted by molar-refractivity contribution is 0.536. The van der Waals surface area contributed by atoms with Gasteiger partial charge in [-0.25, -0.2) is 13.1 Å². The van der Waals surface area contributed by atoms with Crippen molar-refractivity contribution < 1.29 is 8.42 Å². The van der Waals surface area contributed by atoms with E-state index in [1.807, 2.05) is 13.8 Å². The number of hydrogen-bond donors (Lipinski definition) is 2. The van der Waals surface area contributed by atoms with E-state index in [-0.39, 0.29) is 23.3 Å². The van der Waals surface area contributed by atoms with E-state index in [2.05, 4.69) is 15.0 Å². The molecule has 1 aromatic heterocycles. The van der Waals surface area contributed by atoms with Crippen LogP contribution in [0.25, 0.3) is 0 Å².